The molecular weight excluding hydrogens is 252 g/mol. The van der Waals surface area contributed by atoms with Gasteiger partial charge in [-0.25, -0.2) is 0 Å². The first-order valence-electron chi connectivity index (χ1n) is 5.27. The van der Waals surface area contributed by atoms with Gasteiger partial charge < -0.3 is 10.8 Å². The fourth-order valence-electron chi connectivity index (χ4n) is 1.65. The van der Waals surface area contributed by atoms with Gasteiger partial charge in [-0.3, -0.25) is 9.78 Å². The van der Waals surface area contributed by atoms with Crippen molar-refractivity contribution in [3.8, 4) is 11.1 Å². The first-order valence-corrected chi connectivity index (χ1v) is 5.65. The number of amides is 1. The van der Waals surface area contributed by atoms with Crippen molar-refractivity contribution in [1.82, 2.24) is 4.98 Å². The summed E-state index contributed by atoms with van der Waals surface area (Å²) in [5, 5.41) is 9.69. The van der Waals surface area contributed by atoms with Crippen LogP contribution in [0.25, 0.3) is 11.1 Å². The topological polar surface area (TPSA) is 76.2 Å². The number of halogens is 1. The lowest BCUT2D eigenvalue weighted by atomic mass is 10.0. The summed E-state index contributed by atoms with van der Waals surface area (Å²) in [6, 6.07) is 8.65. The lowest BCUT2D eigenvalue weighted by Crippen LogP contribution is -2.13. The molecule has 4 nitrogen and oxygen atoms in total. The van der Waals surface area contributed by atoms with Crippen molar-refractivity contribution >= 4 is 17.5 Å². The molecule has 0 radical (unpaired) electrons. The highest BCUT2D eigenvalue weighted by Gasteiger charge is 2.11. The van der Waals surface area contributed by atoms with Crippen LogP contribution in [-0.2, 0) is 6.61 Å². The highest BCUT2D eigenvalue weighted by molar-refractivity contribution is 6.30. The van der Waals surface area contributed by atoms with Crippen LogP contribution in [0.15, 0.2) is 36.5 Å². The summed E-state index contributed by atoms with van der Waals surface area (Å²) in [7, 11) is 0. The molecule has 0 unspecified atom stereocenters. The molecule has 0 aliphatic heterocycles. The van der Waals surface area contributed by atoms with Crippen LogP contribution >= 0.6 is 11.6 Å². The van der Waals surface area contributed by atoms with E-state index < -0.39 is 5.91 Å². The minimum absolute atomic E-state index is 0.195. The number of pyridine rings is 1. The number of carbonyl (C=O) groups is 1. The molecular formula is C13H11ClN2O2. The van der Waals surface area contributed by atoms with Crippen molar-refractivity contribution in [2.45, 2.75) is 6.61 Å². The normalized spacial score (nSPS) is 10.3. The Morgan fingerprint density at radius 2 is 2.00 bits per heavy atom. The zero-order chi connectivity index (χ0) is 13.1. The molecule has 1 heterocycles. The monoisotopic (exact) mass is 262 g/mol. The molecule has 1 aromatic heterocycles. The number of rotatable bonds is 3. The third-order valence-electron chi connectivity index (χ3n) is 2.54. The molecule has 0 fully saturated rings. The predicted octanol–water partition coefficient (Wildman–Crippen LogP) is 1.99. The zero-order valence-electron chi connectivity index (χ0n) is 9.43. The van der Waals surface area contributed by atoms with E-state index in [4.69, 9.17) is 22.4 Å². The van der Waals surface area contributed by atoms with E-state index in [2.05, 4.69) is 4.98 Å². The van der Waals surface area contributed by atoms with Gasteiger partial charge in [-0.15, -0.1) is 0 Å². The molecule has 0 saturated carbocycles. The summed E-state index contributed by atoms with van der Waals surface area (Å²) >= 11 is 5.82. The second kappa shape index (κ2) is 5.16. The standard InChI is InChI=1S/C13H11ClN2O2/c14-9-3-1-8(2-4-9)11-5-10(7-17)16-6-12(11)13(15)18/h1-6,17H,7H2,(H2,15,18). The second-order valence-electron chi connectivity index (χ2n) is 3.75. The maximum atomic E-state index is 11.4. The number of primary amides is 1. The number of benzene rings is 1. The number of carbonyl (C=O) groups excluding carboxylic acids is 1. The molecule has 3 N–H and O–H groups in total. The maximum Gasteiger partial charge on any atom is 0.250 e. The molecule has 1 amide bonds. The Hall–Kier alpha value is -1.91. The van der Waals surface area contributed by atoms with E-state index in [1.54, 1.807) is 30.3 Å². The highest BCUT2D eigenvalue weighted by Crippen LogP contribution is 2.25. The van der Waals surface area contributed by atoms with Gasteiger partial charge in [0.05, 0.1) is 17.9 Å². The number of aliphatic hydroxyl groups is 1. The van der Waals surface area contributed by atoms with E-state index in [0.29, 0.717) is 21.8 Å². The predicted molar refractivity (Wildman–Crippen MR) is 69.1 cm³/mol. The molecule has 0 atom stereocenters. The number of nitrogens with two attached hydrogens (primary N) is 1. The van der Waals surface area contributed by atoms with Crippen LogP contribution in [0, 0.1) is 0 Å². The Kier molecular flexibility index (Phi) is 3.60. The minimum Gasteiger partial charge on any atom is -0.390 e. The molecule has 0 aliphatic rings. The molecule has 0 bridgehead atoms. The fourth-order valence-corrected chi connectivity index (χ4v) is 1.78. The van der Waals surface area contributed by atoms with E-state index in [1.807, 2.05) is 0 Å². The summed E-state index contributed by atoms with van der Waals surface area (Å²) in [5.41, 5.74) is 7.53. The maximum absolute atomic E-state index is 11.4. The lowest BCUT2D eigenvalue weighted by Gasteiger charge is -2.08. The van der Waals surface area contributed by atoms with Crippen LogP contribution in [0.4, 0.5) is 0 Å². The zero-order valence-corrected chi connectivity index (χ0v) is 10.2. The molecule has 2 aromatic rings. The summed E-state index contributed by atoms with van der Waals surface area (Å²) in [6.07, 6.45) is 1.37. The van der Waals surface area contributed by atoms with Crippen molar-refractivity contribution in [3.63, 3.8) is 0 Å². The van der Waals surface area contributed by atoms with Gasteiger partial charge >= 0.3 is 0 Å². The van der Waals surface area contributed by atoms with Crippen molar-refractivity contribution in [2.24, 2.45) is 5.73 Å². The number of hydrogen-bond acceptors (Lipinski definition) is 3. The quantitative estimate of drug-likeness (QED) is 0.888. The van der Waals surface area contributed by atoms with Crippen LogP contribution in [0.1, 0.15) is 16.1 Å². The van der Waals surface area contributed by atoms with Gasteiger partial charge in [0.25, 0.3) is 5.91 Å². The van der Waals surface area contributed by atoms with Gasteiger partial charge in [-0.1, -0.05) is 23.7 Å². The van der Waals surface area contributed by atoms with Crippen LogP contribution in [0.5, 0.6) is 0 Å². The van der Waals surface area contributed by atoms with Crippen LogP contribution in [-0.4, -0.2) is 16.0 Å². The number of aliphatic hydroxyl groups excluding tert-OH is 1. The SMILES string of the molecule is NC(=O)c1cnc(CO)cc1-c1ccc(Cl)cc1. The number of hydrogen-bond donors (Lipinski definition) is 2. The van der Waals surface area contributed by atoms with E-state index in [9.17, 15) is 4.79 Å². The van der Waals surface area contributed by atoms with Crippen molar-refractivity contribution in [3.05, 3.63) is 52.8 Å². The smallest absolute Gasteiger partial charge is 0.250 e. The molecule has 5 heteroatoms. The molecule has 0 spiro atoms. The van der Waals surface area contributed by atoms with Crippen molar-refractivity contribution in [2.75, 3.05) is 0 Å². The molecule has 1 aromatic carbocycles. The number of aromatic nitrogens is 1. The Morgan fingerprint density at radius 3 is 2.56 bits per heavy atom. The fraction of sp³-hybridized carbons (Fsp3) is 0.0769. The largest absolute Gasteiger partial charge is 0.390 e. The third-order valence-corrected chi connectivity index (χ3v) is 2.80. The summed E-state index contributed by atoms with van der Waals surface area (Å²) in [6.45, 7) is -0.195. The van der Waals surface area contributed by atoms with Crippen LogP contribution in [0.2, 0.25) is 5.02 Å². The van der Waals surface area contributed by atoms with Gasteiger partial charge in [-0.05, 0) is 29.3 Å². The average Bonchev–Trinajstić information content (AvgIpc) is 2.38. The number of nitrogens with zero attached hydrogens (tertiary/aromatic N) is 1. The minimum atomic E-state index is -0.558. The molecule has 0 saturated heterocycles. The van der Waals surface area contributed by atoms with Gasteiger partial charge in [0, 0.05) is 11.2 Å². The molecule has 92 valence electrons. The Bertz CT molecular complexity index is 582. The molecule has 18 heavy (non-hydrogen) atoms. The van der Waals surface area contributed by atoms with Gasteiger partial charge in [0.15, 0.2) is 0 Å². The van der Waals surface area contributed by atoms with E-state index >= 15 is 0 Å². The first-order chi connectivity index (χ1) is 8.61. The van der Waals surface area contributed by atoms with Crippen LogP contribution < -0.4 is 5.73 Å². The van der Waals surface area contributed by atoms with Crippen LogP contribution in [0.3, 0.4) is 0 Å². The third kappa shape index (κ3) is 2.50. The van der Waals surface area contributed by atoms with Crippen molar-refractivity contribution in [1.29, 1.82) is 0 Å². The van der Waals surface area contributed by atoms with E-state index in [-0.39, 0.29) is 6.61 Å². The van der Waals surface area contributed by atoms with Gasteiger partial charge in [-0.2, -0.15) is 0 Å². The first kappa shape index (κ1) is 12.5. The summed E-state index contributed by atoms with van der Waals surface area (Å²) in [5.74, 6) is -0.558. The molecule has 2 rings (SSSR count). The van der Waals surface area contributed by atoms with Crippen molar-refractivity contribution < 1.29 is 9.90 Å². The Labute approximate surface area is 109 Å². The Morgan fingerprint density at radius 1 is 1.33 bits per heavy atom. The Balaban J connectivity index is 2.59. The second-order valence-corrected chi connectivity index (χ2v) is 4.19. The van der Waals surface area contributed by atoms with Gasteiger partial charge in [0.2, 0.25) is 0 Å². The molecule has 0 aliphatic carbocycles. The lowest BCUT2D eigenvalue weighted by molar-refractivity contribution is 0.100. The summed E-state index contributed by atoms with van der Waals surface area (Å²) in [4.78, 5) is 15.3. The highest BCUT2D eigenvalue weighted by atomic mass is 35.5. The van der Waals surface area contributed by atoms with Gasteiger partial charge in [0.1, 0.15) is 0 Å². The summed E-state index contributed by atoms with van der Waals surface area (Å²) < 4.78 is 0. The average molecular weight is 263 g/mol. The van der Waals surface area contributed by atoms with E-state index in [0.717, 1.165) is 5.56 Å². The van der Waals surface area contributed by atoms with E-state index in [1.165, 1.54) is 6.20 Å².